The topological polar surface area (TPSA) is 64.3 Å². The average molecular weight is 301 g/mol. The van der Waals surface area contributed by atoms with Crippen molar-refractivity contribution in [3.63, 3.8) is 0 Å². The molecule has 0 saturated heterocycles. The lowest BCUT2D eigenvalue weighted by Gasteiger charge is -2.19. The van der Waals surface area contributed by atoms with Crippen LogP contribution in [0.3, 0.4) is 0 Å². The van der Waals surface area contributed by atoms with Crippen LogP contribution < -0.4 is 11.1 Å². The van der Waals surface area contributed by atoms with Crippen molar-refractivity contribution in [3.05, 3.63) is 28.2 Å². The van der Waals surface area contributed by atoms with Crippen LogP contribution in [0.15, 0.2) is 22.7 Å². The summed E-state index contributed by atoms with van der Waals surface area (Å²) in [5.41, 5.74) is 6.64. The summed E-state index contributed by atoms with van der Waals surface area (Å²) in [7, 11) is 0. The third kappa shape index (κ3) is 5.19. The molecule has 4 nitrogen and oxygen atoms in total. The van der Waals surface area contributed by atoms with Gasteiger partial charge in [-0.25, -0.2) is 4.79 Å². The molecule has 5 heteroatoms. The van der Waals surface area contributed by atoms with Gasteiger partial charge in [-0.1, -0.05) is 15.9 Å². The van der Waals surface area contributed by atoms with Crippen LogP contribution >= 0.6 is 15.9 Å². The third-order valence-corrected chi connectivity index (χ3v) is 2.30. The fraction of sp³-hybridized carbons (Fsp3) is 0.417. The highest BCUT2D eigenvalue weighted by molar-refractivity contribution is 9.10. The highest BCUT2D eigenvalue weighted by atomic mass is 79.9. The van der Waals surface area contributed by atoms with E-state index in [1.54, 1.807) is 6.07 Å². The SMILES string of the molecule is CC(C)(C)OC(=O)Nc1cc(Br)cc(CN)c1. The van der Waals surface area contributed by atoms with Crippen LogP contribution in [0.25, 0.3) is 0 Å². The number of benzene rings is 1. The minimum Gasteiger partial charge on any atom is -0.444 e. The van der Waals surface area contributed by atoms with Gasteiger partial charge in [0.15, 0.2) is 0 Å². The second-order valence-electron chi connectivity index (χ2n) is 4.68. The minimum atomic E-state index is -0.507. The molecular formula is C12H17BrN2O2. The maximum Gasteiger partial charge on any atom is 0.412 e. The van der Waals surface area contributed by atoms with Gasteiger partial charge in [-0.3, -0.25) is 5.32 Å². The van der Waals surface area contributed by atoms with Crippen molar-refractivity contribution in [2.75, 3.05) is 5.32 Å². The lowest BCUT2D eigenvalue weighted by Crippen LogP contribution is -2.27. The number of anilines is 1. The minimum absolute atomic E-state index is 0.419. The number of ether oxygens (including phenoxy) is 1. The van der Waals surface area contributed by atoms with Crippen LogP contribution in [-0.4, -0.2) is 11.7 Å². The van der Waals surface area contributed by atoms with Crippen molar-refractivity contribution in [1.29, 1.82) is 0 Å². The van der Waals surface area contributed by atoms with Gasteiger partial charge >= 0.3 is 6.09 Å². The first-order valence-electron chi connectivity index (χ1n) is 5.30. The first kappa shape index (κ1) is 14.0. The summed E-state index contributed by atoms with van der Waals surface area (Å²) in [5, 5.41) is 2.67. The molecule has 0 atom stereocenters. The third-order valence-electron chi connectivity index (χ3n) is 1.84. The number of amides is 1. The predicted octanol–water partition coefficient (Wildman–Crippen LogP) is 3.25. The quantitative estimate of drug-likeness (QED) is 0.881. The fourth-order valence-corrected chi connectivity index (χ4v) is 1.80. The maximum atomic E-state index is 11.6. The largest absolute Gasteiger partial charge is 0.444 e. The Balaban J connectivity index is 2.74. The summed E-state index contributed by atoms with van der Waals surface area (Å²) in [6, 6.07) is 5.51. The first-order chi connectivity index (χ1) is 7.80. The average Bonchev–Trinajstić information content (AvgIpc) is 2.13. The molecule has 0 aliphatic rings. The molecule has 0 aliphatic heterocycles. The predicted molar refractivity (Wildman–Crippen MR) is 71.9 cm³/mol. The van der Waals surface area contributed by atoms with Gasteiger partial charge in [0.25, 0.3) is 0 Å². The number of nitrogens with one attached hydrogen (secondary N) is 1. The molecular weight excluding hydrogens is 284 g/mol. The molecule has 0 fully saturated rings. The molecule has 1 amide bonds. The molecule has 1 aromatic carbocycles. The number of nitrogens with two attached hydrogens (primary N) is 1. The van der Waals surface area contributed by atoms with Gasteiger partial charge in [0, 0.05) is 16.7 Å². The Morgan fingerprint density at radius 3 is 2.59 bits per heavy atom. The number of halogens is 1. The van der Waals surface area contributed by atoms with E-state index in [9.17, 15) is 4.79 Å². The van der Waals surface area contributed by atoms with E-state index in [2.05, 4.69) is 21.2 Å². The van der Waals surface area contributed by atoms with Crippen molar-refractivity contribution in [1.82, 2.24) is 0 Å². The van der Waals surface area contributed by atoms with Gasteiger partial charge in [0.05, 0.1) is 0 Å². The van der Waals surface area contributed by atoms with Crippen LogP contribution in [-0.2, 0) is 11.3 Å². The van der Waals surface area contributed by atoms with Gasteiger partial charge in [0.2, 0.25) is 0 Å². The van der Waals surface area contributed by atoms with Crippen LogP contribution in [0, 0.1) is 0 Å². The maximum absolute atomic E-state index is 11.6. The number of rotatable bonds is 2. The Morgan fingerprint density at radius 2 is 2.06 bits per heavy atom. The monoisotopic (exact) mass is 300 g/mol. The highest BCUT2D eigenvalue weighted by Gasteiger charge is 2.16. The van der Waals surface area contributed by atoms with E-state index in [1.807, 2.05) is 32.9 Å². The summed E-state index contributed by atoms with van der Waals surface area (Å²) in [4.78, 5) is 11.6. The summed E-state index contributed by atoms with van der Waals surface area (Å²) in [5.74, 6) is 0. The molecule has 17 heavy (non-hydrogen) atoms. The lowest BCUT2D eigenvalue weighted by atomic mass is 10.2. The Kier molecular flexibility index (Phi) is 4.54. The van der Waals surface area contributed by atoms with Gasteiger partial charge in [-0.05, 0) is 44.5 Å². The van der Waals surface area contributed by atoms with Crippen LogP contribution in [0.2, 0.25) is 0 Å². The lowest BCUT2D eigenvalue weighted by molar-refractivity contribution is 0.0636. The van der Waals surface area contributed by atoms with E-state index in [1.165, 1.54) is 0 Å². The van der Waals surface area contributed by atoms with Gasteiger partial charge in [-0.15, -0.1) is 0 Å². The van der Waals surface area contributed by atoms with Crippen molar-refractivity contribution in [2.45, 2.75) is 32.9 Å². The van der Waals surface area contributed by atoms with E-state index >= 15 is 0 Å². The molecule has 0 aromatic heterocycles. The molecule has 0 saturated carbocycles. The van der Waals surface area contributed by atoms with Crippen LogP contribution in [0.5, 0.6) is 0 Å². The van der Waals surface area contributed by atoms with E-state index in [0.717, 1.165) is 10.0 Å². The molecule has 1 aromatic rings. The Morgan fingerprint density at radius 1 is 1.41 bits per heavy atom. The Labute approximate surface area is 110 Å². The van der Waals surface area contributed by atoms with Crippen molar-refractivity contribution >= 4 is 27.7 Å². The van der Waals surface area contributed by atoms with Crippen LogP contribution in [0.1, 0.15) is 26.3 Å². The molecule has 0 bridgehead atoms. The van der Waals surface area contributed by atoms with Crippen molar-refractivity contribution in [2.24, 2.45) is 5.73 Å². The van der Waals surface area contributed by atoms with Crippen molar-refractivity contribution < 1.29 is 9.53 Å². The second-order valence-corrected chi connectivity index (χ2v) is 5.59. The van der Waals surface area contributed by atoms with E-state index in [-0.39, 0.29) is 0 Å². The summed E-state index contributed by atoms with van der Waals surface area (Å²) in [6.45, 7) is 5.87. The Hall–Kier alpha value is -1.07. The second kappa shape index (κ2) is 5.51. The summed E-state index contributed by atoms with van der Waals surface area (Å²) in [6.07, 6.45) is -0.474. The summed E-state index contributed by atoms with van der Waals surface area (Å²) < 4.78 is 6.03. The molecule has 0 spiro atoms. The number of carbonyl (C=O) groups excluding carboxylic acids is 1. The zero-order chi connectivity index (χ0) is 13.1. The molecule has 0 heterocycles. The zero-order valence-corrected chi connectivity index (χ0v) is 11.8. The molecule has 0 aliphatic carbocycles. The zero-order valence-electron chi connectivity index (χ0n) is 10.2. The normalized spacial score (nSPS) is 11.1. The van der Waals surface area contributed by atoms with Gasteiger partial charge in [-0.2, -0.15) is 0 Å². The van der Waals surface area contributed by atoms with E-state index in [0.29, 0.717) is 12.2 Å². The number of carbonyl (C=O) groups is 1. The Bertz CT molecular complexity index is 413. The molecule has 94 valence electrons. The molecule has 1 rings (SSSR count). The number of hydrogen-bond acceptors (Lipinski definition) is 3. The smallest absolute Gasteiger partial charge is 0.412 e. The van der Waals surface area contributed by atoms with Crippen LogP contribution in [0.4, 0.5) is 10.5 Å². The molecule has 0 radical (unpaired) electrons. The standard InChI is InChI=1S/C12H17BrN2O2/c1-12(2,3)17-11(16)15-10-5-8(7-14)4-9(13)6-10/h4-6H,7,14H2,1-3H3,(H,15,16). The fourth-order valence-electron chi connectivity index (χ4n) is 1.26. The van der Waals surface area contributed by atoms with Gasteiger partial charge in [0.1, 0.15) is 5.60 Å². The van der Waals surface area contributed by atoms with Gasteiger partial charge < -0.3 is 10.5 Å². The number of hydrogen-bond donors (Lipinski definition) is 2. The molecule has 0 unspecified atom stereocenters. The van der Waals surface area contributed by atoms with E-state index in [4.69, 9.17) is 10.5 Å². The summed E-state index contributed by atoms with van der Waals surface area (Å²) >= 11 is 3.36. The van der Waals surface area contributed by atoms with Crippen molar-refractivity contribution in [3.8, 4) is 0 Å². The first-order valence-corrected chi connectivity index (χ1v) is 6.09. The molecule has 3 N–H and O–H groups in total. The highest BCUT2D eigenvalue weighted by Crippen LogP contribution is 2.20. The van der Waals surface area contributed by atoms with E-state index < -0.39 is 11.7 Å².